The molecule has 0 saturated heterocycles. The summed E-state index contributed by atoms with van der Waals surface area (Å²) in [7, 11) is 1.80. The number of halogens is 1. The van der Waals surface area contributed by atoms with Crippen LogP contribution in [0, 0.1) is 0 Å². The maximum atomic E-state index is 12.4. The van der Waals surface area contributed by atoms with Crippen LogP contribution in [0.5, 0.6) is 11.5 Å². The molecule has 4 rings (SSSR count). The molecule has 150 valence electrons. The number of hydrogen-bond donors (Lipinski definition) is 1. The molecule has 8 heteroatoms. The number of nitrogens with zero attached hydrogens (tertiary/aromatic N) is 2. The van der Waals surface area contributed by atoms with E-state index in [4.69, 9.17) is 21.1 Å². The molecule has 6 nitrogen and oxygen atoms in total. The van der Waals surface area contributed by atoms with Crippen molar-refractivity contribution < 1.29 is 14.3 Å². The molecule has 1 amide bonds. The Bertz CT molecular complexity index is 1020. The molecule has 0 atom stereocenters. The summed E-state index contributed by atoms with van der Waals surface area (Å²) in [6.45, 7) is 1.29. The summed E-state index contributed by atoms with van der Waals surface area (Å²) in [5.41, 5.74) is 1.71. The van der Waals surface area contributed by atoms with Gasteiger partial charge in [0.05, 0.1) is 24.7 Å². The predicted molar refractivity (Wildman–Crippen MR) is 115 cm³/mol. The van der Waals surface area contributed by atoms with Crippen molar-refractivity contribution in [2.75, 3.05) is 24.3 Å². The van der Waals surface area contributed by atoms with E-state index in [2.05, 4.69) is 10.4 Å². The third kappa shape index (κ3) is 4.86. The van der Waals surface area contributed by atoms with Crippen molar-refractivity contribution in [1.82, 2.24) is 9.78 Å². The van der Waals surface area contributed by atoms with Gasteiger partial charge in [0.15, 0.2) is 11.5 Å². The van der Waals surface area contributed by atoms with E-state index in [-0.39, 0.29) is 11.7 Å². The minimum absolute atomic E-state index is 0.104. The Kier molecular flexibility index (Phi) is 5.97. The number of thioether (sulfide) groups is 1. The zero-order chi connectivity index (χ0) is 20.2. The predicted octanol–water partition coefficient (Wildman–Crippen LogP) is 4.63. The third-order valence-corrected chi connectivity index (χ3v) is 5.62. The topological polar surface area (TPSA) is 65.4 Å². The fraction of sp³-hybridized carbons (Fsp3) is 0.238. The Labute approximate surface area is 178 Å². The molecule has 1 aliphatic rings. The fourth-order valence-corrected chi connectivity index (χ4v) is 3.76. The Morgan fingerprint density at radius 1 is 1.14 bits per heavy atom. The third-order valence-electron chi connectivity index (χ3n) is 4.38. The molecule has 1 aliphatic heterocycles. The fourth-order valence-electron chi connectivity index (χ4n) is 2.91. The normalized spacial score (nSPS) is 13.0. The first kappa shape index (κ1) is 19.7. The number of rotatable bonds is 5. The molecular formula is C21H20ClN3O3S. The molecule has 2 aromatic carbocycles. The minimum atomic E-state index is -0.104. The number of carbonyl (C=O) groups excluding carboxylic acids is 1. The summed E-state index contributed by atoms with van der Waals surface area (Å²) in [5, 5.41) is 8.04. The van der Waals surface area contributed by atoms with Crippen molar-refractivity contribution in [3.63, 3.8) is 0 Å². The van der Waals surface area contributed by atoms with Crippen molar-refractivity contribution in [2.24, 2.45) is 7.05 Å². The van der Waals surface area contributed by atoms with Gasteiger partial charge in [0, 0.05) is 35.0 Å². The lowest BCUT2D eigenvalue weighted by Crippen LogP contribution is -2.16. The van der Waals surface area contributed by atoms with E-state index >= 15 is 0 Å². The highest BCUT2D eigenvalue weighted by Gasteiger charge is 2.13. The van der Waals surface area contributed by atoms with Crippen molar-refractivity contribution in [2.45, 2.75) is 11.3 Å². The molecular weight excluding hydrogens is 410 g/mol. The van der Waals surface area contributed by atoms with Crippen molar-refractivity contribution in [3.8, 4) is 22.8 Å². The summed E-state index contributed by atoms with van der Waals surface area (Å²) >= 11 is 7.38. The molecule has 0 spiro atoms. The van der Waals surface area contributed by atoms with Crippen LogP contribution in [0.3, 0.4) is 0 Å². The van der Waals surface area contributed by atoms with E-state index in [1.54, 1.807) is 11.7 Å². The first-order valence-electron chi connectivity index (χ1n) is 9.21. The van der Waals surface area contributed by atoms with E-state index in [1.165, 1.54) is 11.8 Å². The number of aryl methyl sites for hydroxylation is 1. The van der Waals surface area contributed by atoms with Gasteiger partial charge in [-0.3, -0.25) is 9.48 Å². The summed E-state index contributed by atoms with van der Waals surface area (Å²) in [6, 6.07) is 15.0. The van der Waals surface area contributed by atoms with Crippen LogP contribution in [0.15, 0.2) is 53.4 Å². The molecule has 0 saturated carbocycles. The number of carbonyl (C=O) groups is 1. The van der Waals surface area contributed by atoms with Gasteiger partial charge in [-0.1, -0.05) is 23.7 Å². The van der Waals surface area contributed by atoms with E-state index in [1.807, 2.05) is 48.5 Å². The Morgan fingerprint density at radius 2 is 1.90 bits per heavy atom. The quantitative estimate of drug-likeness (QED) is 0.599. The maximum absolute atomic E-state index is 12.4. The lowest BCUT2D eigenvalue weighted by atomic mass is 10.1. The standard InChI is InChI=1S/C21H20ClN3O3S/c1-25-20(12-17(24-25)14-3-5-15(22)6-4-14)23-21(26)13-29-16-7-8-18-19(11-16)28-10-2-9-27-18/h3-8,11-12H,2,9-10,13H2,1H3,(H,23,26). The highest BCUT2D eigenvalue weighted by atomic mass is 35.5. The van der Waals surface area contributed by atoms with Gasteiger partial charge in [-0.05, 0) is 30.3 Å². The van der Waals surface area contributed by atoms with E-state index < -0.39 is 0 Å². The van der Waals surface area contributed by atoms with Crippen LogP contribution in [0.25, 0.3) is 11.3 Å². The van der Waals surface area contributed by atoms with Gasteiger partial charge in [-0.15, -0.1) is 11.8 Å². The number of fused-ring (bicyclic) bond motifs is 1. The number of benzene rings is 2. The average molecular weight is 430 g/mol. The molecule has 0 unspecified atom stereocenters. The molecule has 0 fully saturated rings. The maximum Gasteiger partial charge on any atom is 0.235 e. The number of ether oxygens (including phenoxy) is 2. The number of amides is 1. The molecule has 2 heterocycles. The Morgan fingerprint density at radius 3 is 2.69 bits per heavy atom. The van der Waals surface area contributed by atoms with Crippen LogP contribution in [0.2, 0.25) is 5.02 Å². The number of aromatic nitrogens is 2. The minimum Gasteiger partial charge on any atom is -0.490 e. The first-order chi connectivity index (χ1) is 14.1. The van der Waals surface area contributed by atoms with Gasteiger partial charge >= 0.3 is 0 Å². The summed E-state index contributed by atoms with van der Waals surface area (Å²) < 4.78 is 13.0. The number of anilines is 1. The highest BCUT2D eigenvalue weighted by molar-refractivity contribution is 8.00. The Hall–Kier alpha value is -2.64. The van der Waals surface area contributed by atoms with E-state index in [0.29, 0.717) is 24.1 Å². The lowest BCUT2D eigenvalue weighted by Gasteiger charge is -2.09. The number of nitrogens with one attached hydrogen (secondary N) is 1. The van der Waals surface area contributed by atoms with Crippen LogP contribution < -0.4 is 14.8 Å². The highest BCUT2D eigenvalue weighted by Crippen LogP contribution is 2.34. The second kappa shape index (κ2) is 8.80. The monoisotopic (exact) mass is 429 g/mol. The van der Waals surface area contributed by atoms with Crippen molar-refractivity contribution in [3.05, 3.63) is 53.6 Å². The molecule has 1 aromatic heterocycles. The molecule has 3 aromatic rings. The molecule has 29 heavy (non-hydrogen) atoms. The number of hydrogen-bond acceptors (Lipinski definition) is 5. The summed E-state index contributed by atoms with van der Waals surface area (Å²) in [4.78, 5) is 13.4. The van der Waals surface area contributed by atoms with Crippen LogP contribution in [-0.4, -0.2) is 34.7 Å². The summed E-state index contributed by atoms with van der Waals surface area (Å²) in [6.07, 6.45) is 0.863. The van der Waals surface area contributed by atoms with E-state index in [9.17, 15) is 4.79 Å². The zero-order valence-electron chi connectivity index (χ0n) is 15.9. The molecule has 1 N–H and O–H groups in total. The van der Waals surface area contributed by atoms with Gasteiger partial charge in [0.1, 0.15) is 5.82 Å². The smallest absolute Gasteiger partial charge is 0.235 e. The van der Waals surface area contributed by atoms with E-state index in [0.717, 1.165) is 34.1 Å². The second-order valence-electron chi connectivity index (χ2n) is 6.54. The van der Waals surface area contributed by atoms with Crippen molar-refractivity contribution in [1.29, 1.82) is 0 Å². The van der Waals surface area contributed by atoms with Gasteiger partial charge in [-0.2, -0.15) is 5.10 Å². The zero-order valence-corrected chi connectivity index (χ0v) is 17.4. The molecule has 0 aliphatic carbocycles. The van der Waals surface area contributed by atoms with Crippen LogP contribution in [0.1, 0.15) is 6.42 Å². The Balaban J connectivity index is 1.38. The van der Waals surface area contributed by atoms with Gasteiger partial charge in [-0.25, -0.2) is 0 Å². The lowest BCUT2D eigenvalue weighted by molar-refractivity contribution is -0.113. The van der Waals surface area contributed by atoms with Crippen LogP contribution in [0.4, 0.5) is 5.82 Å². The molecule has 0 bridgehead atoms. The van der Waals surface area contributed by atoms with Gasteiger partial charge in [0.2, 0.25) is 5.91 Å². The van der Waals surface area contributed by atoms with Crippen LogP contribution >= 0.6 is 23.4 Å². The van der Waals surface area contributed by atoms with Gasteiger partial charge < -0.3 is 14.8 Å². The van der Waals surface area contributed by atoms with Crippen molar-refractivity contribution >= 4 is 35.1 Å². The molecule has 0 radical (unpaired) electrons. The van der Waals surface area contributed by atoms with Gasteiger partial charge in [0.25, 0.3) is 0 Å². The van der Waals surface area contributed by atoms with Crippen LogP contribution in [-0.2, 0) is 11.8 Å². The first-order valence-corrected chi connectivity index (χ1v) is 10.6. The summed E-state index contributed by atoms with van der Waals surface area (Å²) in [5.74, 6) is 2.29. The second-order valence-corrected chi connectivity index (χ2v) is 8.03. The average Bonchev–Trinajstić information content (AvgIpc) is 2.93. The largest absolute Gasteiger partial charge is 0.490 e. The SMILES string of the molecule is Cn1nc(-c2ccc(Cl)cc2)cc1NC(=O)CSc1ccc2c(c1)OCCCO2.